The van der Waals surface area contributed by atoms with Crippen molar-refractivity contribution in [3.05, 3.63) is 34.5 Å². The van der Waals surface area contributed by atoms with Crippen LogP contribution in [0.1, 0.15) is 54.6 Å². The van der Waals surface area contributed by atoms with E-state index in [0.29, 0.717) is 6.04 Å². The Kier molecular flexibility index (Phi) is 3.36. The highest BCUT2D eigenvalue weighted by Gasteiger charge is 2.24. The Morgan fingerprint density at radius 2 is 2.16 bits per heavy atom. The van der Waals surface area contributed by atoms with Gasteiger partial charge >= 0.3 is 0 Å². The van der Waals surface area contributed by atoms with Crippen LogP contribution in [0.25, 0.3) is 10.9 Å². The molecule has 1 heterocycles. The number of rotatable bonds is 3. The number of fused-ring (bicyclic) bond motifs is 3. The Morgan fingerprint density at radius 3 is 2.95 bits per heavy atom. The van der Waals surface area contributed by atoms with E-state index in [-0.39, 0.29) is 0 Å². The monoisotopic (exact) mass is 256 g/mol. The van der Waals surface area contributed by atoms with Crippen molar-refractivity contribution in [3.8, 4) is 0 Å². The molecule has 0 radical (unpaired) electrons. The molecule has 2 nitrogen and oxygen atoms in total. The fourth-order valence-electron chi connectivity index (χ4n) is 3.53. The fourth-order valence-corrected chi connectivity index (χ4v) is 3.53. The number of hydrogen-bond acceptors (Lipinski definition) is 1. The minimum Gasteiger partial charge on any atom is -0.357 e. The molecule has 102 valence electrons. The summed E-state index contributed by atoms with van der Waals surface area (Å²) < 4.78 is 0. The topological polar surface area (TPSA) is 27.8 Å². The minimum absolute atomic E-state index is 0.524. The molecule has 1 aliphatic rings. The number of aromatic amines is 1. The Labute approximate surface area is 115 Å². The molecule has 2 heteroatoms. The summed E-state index contributed by atoms with van der Waals surface area (Å²) in [7, 11) is 0. The highest BCUT2D eigenvalue weighted by molar-refractivity contribution is 5.88. The van der Waals surface area contributed by atoms with Crippen molar-refractivity contribution >= 4 is 10.9 Å². The van der Waals surface area contributed by atoms with E-state index >= 15 is 0 Å². The molecule has 0 amide bonds. The molecule has 0 bridgehead atoms. The van der Waals surface area contributed by atoms with Gasteiger partial charge in [0.15, 0.2) is 0 Å². The molecule has 0 saturated carbocycles. The Bertz CT molecular complexity index is 595. The van der Waals surface area contributed by atoms with Crippen molar-refractivity contribution in [1.82, 2.24) is 10.3 Å². The van der Waals surface area contributed by atoms with Crippen LogP contribution in [0, 0.1) is 13.8 Å². The van der Waals surface area contributed by atoms with Crippen molar-refractivity contribution < 1.29 is 0 Å². The molecule has 0 spiro atoms. The third-order valence-corrected chi connectivity index (χ3v) is 4.28. The summed E-state index contributed by atoms with van der Waals surface area (Å²) in [5.74, 6) is 0. The summed E-state index contributed by atoms with van der Waals surface area (Å²) in [6.45, 7) is 7.76. The number of H-pyrrole nitrogens is 1. The molecule has 2 aromatic rings. The zero-order valence-corrected chi connectivity index (χ0v) is 12.3. The molecular weight excluding hydrogens is 232 g/mol. The first-order valence-corrected chi connectivity index (χ1v) is 7.55. The van der Waals surface area contributed by atoms with Crippen LogP contribution in [0.3, 0.4) is 0 Å². The standard InChI is InChI=1S/C17H24N2/c1-4-8-18-14-7-5-6-13-16-12(3)9-11(2)10-15(16)19-17(13)14/h9-10,14,18-19H,4-8H2,1-3H3. The van der Waals surface area contributed by atoms with E-state index in [0.717, 1.165) is 6.54 Å². The van der Waals surface area contributed by atoms with Crippen LogP contribution in [0.15, 0.2) is 12.1 Å². The van der Waals surface area contributed by atoms with E-state index in [1.54, 1.807) is 5.56 Å². The highest BCUT2D eigenvalue weighted by atomic mass is 14.9. The maximum atomic E-state index is 3.69. The minimum atomic E-state index is 0.524. The predicted octanol–water partition coefficient (Wildman–Crippen LogP) is 4.16. The molecule has 1 atom stereocenters. The molecule has 1 unspecified atom stereocenters. The van der Waals surface area contributed by atoms with Crippen molar-refractivity contribution in [2.75, 3.05) is 6.54 Å². The van der Waals surface area contributed by atoms with Crippen LogP contribution < -0.4 is 5.32 Å². The van der Waals surface area contributed by atoms with Crippen LogP contribution in [0.4, 0.5) is 0 Å². The van der Waals surface area contributed by atoms with E-state index in [4.69, 9.17) is 0 Å². The van der Waals surface area contributed by atoms with Gasteiger partial charge in [0.2, 0.25) is 0 Å². The van der Waals surface area contributed by atoms with E-state index in [9.17, 15) is 0 Å². The van der Waals surface area contributed by atoms with Gasteiger partial charge in [-0.3, -0.25) is 0 Å². The number of aromatic nitrogens is 1. The lowest BCUT2D eigenvalue weighted by Crippen LogP contribution is -2.25. The Hall–Kier alpha value is -1.28. The maximum absolute atomic E-state index is 3.69. The van der Waals surface area contributed by atoms with Gasteiger partial charge in [0.05, 0.1) is 0 Å². The van der Waals surface area contributed by atoms with Crippen molar-refractivity contribution in [2.24, 2.45) is 0 Å². The van der Waals surface area contributed by atoms with Crippen LogP contribution in [-0.4, -0.2) is 11.5 Å². The number of aryl methyl sites for hydroxylation is 3. The Balaban J connectivity index is 2.10. The lowest BCUT2D eigenvalue weighted by molar-refractivity contribution is 0.454. The van der Waals surface area contributed by atoms with Gasteiger partial charge in [-0.15, -0.1) is 0 Å². The molecule has 19 heavy (non-hydrogen) atoms. The van der Waals surface area contributed by atoms with Gasteiger partial charge in [0.25, 0.3) is 0 Å². The number of benzene rings is 1. The number of nitrogens with one attached hydrogen (secondary N) is 2. The number of hydrogen-bond donors (Lipinski definition) is 2. The largest absolute Gasteiger partial charge is 0.357 e. The van der Waals surface area contributed by atoms with E-state index in [2.05, 4.69) is 43.2 Å². The molecule has 2 N–H and O–H groups in total. The average Bonchev–Trinajstić information content (AvgIpc) is 2.74. The Morgan fingerprint density at radius 1 is 1.32 bits per heavy atom. The van der Waals surface area contributed by atoms with Crippen LogP contribution >= 0.6 is 0 Å². The third-order valence-electron chi connectivity index (χ3n) is 4.28. The summed E-state index contributed by atoms with van der Waals surface area (Å²) in [5, 5.41) is 5.17. The molecule has 0 aliphatic heterocycles. The van der Waals surface area contributed by atoms with E-state index in [1.165, 1.54) is 53.4 Å². The van der Waals surface area contributed by atoms with Crippen LogP contribution in [0.2, 0.25) is 0 Å². The van der Waals surface area contributed by atoms with Gasteiger partial charge in [-0.05, 0) is 68.8 Å². The van der Waals surface area contributed by atoms with Gasteiger partial charge in [-0.1, -0.05) is 13.0 Å². The second-order valence-corrected chi connectivity index (χ2v) is 5.92. The first kappa shape index (κ1) is 12.7. The maximum Gasteiger partial charge on any atom is 0.0476 e. The average molecular weight is 256 g/mol. The molecule has 1 aliphatic carbocycles. The van der Waals surface area contributed by atoms with Gasteiger partial charge in [-0.25, -0.2) is 0 Å². The molecule has 0 fully saturated rings. The molecule has 1 aromatic heterocycles. The summed E-state index contributed by atoms with van der Waals surface area (Å²) in [5.41, 5.74) is 7.11. The van der Waals surface area contributed by atoms with Crippen molar-refractivity contribution in [3.63, 3.8) is 0 Å². The third kappa shape index (κ3) is 2.18. The highest BCUT2D eigenvalue weighted by Crippen LogP contribution is 2.36. The zero-order chi connectivity index (χ0) is 13.4. The predicted molar refractivity (Wildman–Crippen MR) is 81.7 cm³/mol. The van der Waals surface area contributed by atoms with E-state index in [1.807, 2.05) is 0 Å². The van der Waals surface area contributed by atoms with Gasteiger partial charge in [0, 0.05) is 22.6 Å². The lowest BCUT2D eigenvalue weighted by atomic mass is 9.90. The summed E-state index contributed by atoms with van der Waals surface area (Å²) in [6, 6.07) is 5.12. The second kappa shape index (κ2) is 5.01. The lowest BCUT2D eigenvalue weighted by Gasteiger charge is -2.23. The van der Waals surface area contributed by atoms with Crippen LogP contribution in [-0.2, 0) is 6.42 Å². The normalized spacial score (nSPS) is 18.8. The SMILES string of the molecule is CCCNC1CCCc2c1[nH]c1cc(C)cc(C)c21. The quantitative estimate of drug-likeness (QED) is 0.848. The van der Waals surface area contributed by atoms with Crippen molar-refractivity contribution in [1.29, 1.82) is 0 Å². The summed E-state index contributed by atoms with van der Waals surface area (Å²) in [4.78, 5) is 3.69. The second-order valence-electron chi connectivity index (χ2n) is 5.92. The fraction of sp³-hybridized carbons (Fsp3) is 0.529. The van der Waals surface area contributed by atoms with Crippen LogP contribution in [0.5, 0.6) is 0 Å². The molecule has 0 saturated heterocycles. The molecule has 1 aromatic carbocycles. The van der Waals surface area contributed by atoms with Crippen molar-refractivity contribution in [2.45, 2.75) is 52.5 Å². The first-order chi connectivity index (χ1) is 9.20. The first-order valence-electron chi connectivity index (χ1n) is 7.55. The zero-order valence-electron chi connectivity index (χ0n) is 12.3. The van der Waals surface area contributed by atoms with Gasteiger partial charge in [-0.2, -0.15) is 0 Å². The van der Waals surface area contributed by atoms with Gasteiger partial charge < -0.3 is 10.3 Å². The summed E-state index contributed by atoms with van der Waals surface area (Å²) >= 11 is 0. The van der Waals surface area contributed by atoms with E-state index < -0.39 is 0 Å². The smallest absolute Gasteiger partial charge is 0.0476 e. The van der Waals surface area contributed by atoms with Gasteiger partial charge in [0.1, 0.15) is 0 Å². The molecule has 3 rings (SSSR count). The molecular formula is C17H24N2. The summed E-state index contributed by atoms with van der Waals surface area (Å²) in [6.07, 6.45) is 4.99.